The van der Waals surface area contributed by atoms with Gasteiger partial charge < -0.3 is 5.32 Å². The number of rotatable bonds is 4. The Morgan fingerprint density at radius 1 is 1.38 bits per heavy atom. The van der Waals surface area contributed by atoms with E-state index in [2.05, 4.69) is 10.4 Å². The first kappa shape index (κ1) is 14.1. The molecule has 5 heteroatoms. The summed E-state index contributed by atoms with van der Waals surface area (Å²) in [6.07, 6.45) is 2.00. The zero-order valence-corrected chi connectivity index (χ0v) is 12.9. The maximum Gasteiger partial charge on any atom is 0.227 e. The molecule has 0 atom stereocenters. The van der Waals surface area contributed by atoms with Gasteiger partial charge >= 0.3 is 0 Å². The van der Waals surface area contributed by atoms with Gasteiger partial charge in [-0.25, -0.2) is 0 Å². The van der Waals surface area contributed by atoms with E-state index >= 15 is 0 Å². The number of aryl methyl sites for hydroxylation is 1. The minimum Gasteiger partial charge on any atom is -0.323 e. The lowest BCUT2D eigenvalue weighted by atomic mass is 10.2. The first-order valence-corrected chi connectivity index (χ1v) is 7.52. The third-order valence-electron chi connectivity index (χ3n) is 3.86. The van der Waals surface area contributed by atoms with Crippen molar-refractivity contribution in [2.45, 2.75) is 33.2 Å². The molecule has 1 N–H and O–H groups in total. The number of amides is 1. The molecule has 2 aromatic rings. The van der Waals surface area contributed by atoms with Crippen LogP contribution < -0.4 is 5.32 Å². The van der Waals surface area contributed by atoms with Gasteiger partial charge in [0.1, 0.15) is 0 Å². The van der Waals surface area contributed by atoms with Crippen LogP contribution in [0.5, 0.6) is 0 Å². The third kappa shape index (κ3) is 2.95. The van der Waals surface area contributed by atoms with Crippen molar-refractivity contribution in [1.82, 2.24) is 9.78 Å². The standard InChI is InChI=1S/C16H18ClN3O/c1-10-15(18-16(21)12-7-8-12)11(2)20(19-10)9-13-5-3-4-6-14(13)17/h3-6,12H,7-9H2,1-2H3,(H,18,21). The number of carbonyl (C=O) groups excluding carboxylic acids is 1. The molecule has 0 bridgehead atoms. The van der Waals surface area contributed by atoms with Crippen molar-refractivity contribution < 1.29 is 4.79 Å². The van der Waals surface area contributed by atoms with Crippen LogP contribution in [-0.2, 0) is 11.3 Å². The van der Waals surface area contributed by atoms with Crippen LogP contribution in [0, 0.1) is 19.8 Å². The van der Waals surface area contributed by atoms with Crippen LogP contribution in [-0.4, -0.2) is 15.7 Å². The number of benzene rings is 1. The molecule has 1 heterocycles. The first-order chi connectivity index (χ1) is 10.1. The maximum absolute atomic E-state index is 11.9. The van der Waals surface area contributed by atoms with E-state index in [4.69, 9.17) is 11.6 Å². The van der Waals surface area contributed by atoms with Gasteiger partial charge in [0.25, 0.3) is 0 Å². The summed E-state index contributed by atoms with van der Waals surface area (Å²) in [4.78, 5) is 11.9. The average Bonchev–Trinajstić information content (AvgIpc) is 3.26. The molecular weight excluding hydrogens is 286 g/mol. The second-order valence-corrected chi connectivity index (χ2v) is 5.97. The lowest BCUT2D eigenvalue weighted by Gasteiger charge is -2.08. The topological polar surface area (TPSA) is 46.9 Å². The van der Waals surface area contributed by atoms with E-state index in [9.17, 15) is 4.79 Å². The zero-order chi connectivity index (χ0) is 15.0. The normalized spacial score (nSPS) is 14.2. The molecule has 0 unspecified atom stereocenters. The van der Waals surface area contributed by atoms with Crippen LogP contribution in [0.25, 0.3) is 0 Å². The molecule has 1 aliphatic rings. The average molecular weight is 304 g/mol. The second kappa shape index (κ2) is 5.53. The van der Waals surface area contributed by atoms with E-state index in [0.717, 1.165) is 40.5 Å². The number of aromatic nitrogens is 2. The number of nitrogens with zero attached hydrogens (tertiary/aromatic N) is 2. The quantitative estimate of drug-likeness (QED) is 0.939. The highest BCUT2D eigenvalue weighted by molar-refractivity contribution is 6.31. The molecule has 3 rings (SSSR count). The Labute approximate surface area is 129 Å². The van der Waals surface area contributed by atoms with Crippen molar-refractivity contribution in [2.75, 3.05) is 5.32 Å². The Morgan fingerprint density at radius 2 is 2.10 bits per heavy atom. The van der Waals surface area contributed by atoms with Gasteiger partial charge in [0.05, 0.1) is 23.6 Å². The second-order valence-electron chi connectivity index (χ2n) is 5.56. The summed E-state index contributed by atoms with van der Waals surface area (Å²) in [5, 5.41) is 8.26. The fourth-order valence-corrected chi connectivity index (χ4v) is 2.59. The van der Waals surface area contributed by atoms with Gasteiger partial charge in [-0.1, -0.05) is 29.8 Å². The van der Waals surface area contributed by atoms with E-state index in [1.54, 1.807) is 0 Å². The van der Waals surface area contributed by atoms with Gasteiger partial charge in [-0.15, -0.1) is 0 Å². The molecule has 1 aromatic carbocycles. The Balaban J connectivity index is 1.83. The fourth-order valence-electron chi connectivity index (χ4n) is 2.39. The summed E-state index contributed by atoms with van der Waals surface area (Å²) in [5.74, 6) is 0.300. The highest BCUT2D eigenvalue weighted by atomic mass is 35.5. The van der Waals surface area contributed by atoms with Crippen molar-refractivity contribution in [3.05, 3.63) is 46.2 Å². The number of carbonyl (C=O) groups is 1. The number of anilines is 1. The summed E-state index contributed by atoms with van der Waals surface area (Å²) in [6.45, 7) is 4.49. The molecule has 1 amide bonds. The van der Waals surface area contributed by atoms with E-state index in [0.29, 0.717) is 6.54 Å². The maximum atomic E-state index is 11.9. The van der Waals surface area contributed by atoms with Crippen molar-refractivity contribution in [2.24, 2.45) is 5.92 Å². The smallest absolute Gasteiger partial charge is 0.227 e. The molecule has 1 fully saturated rings. The van der Waals surface area contributed by atoms with Gasteiger partial charge in [-0.2, -0.15) is 5.10 Å². The molecule has 21 heavy (non-hydrogen) atoms. The van der Waals surface area contributed by atoms with Crippen molar-refractivity contribution >= 4 is 23.2 Å². The van der Waals surface area contributed by atoms with Crippen LogP contribution >= 0.6 is 11.6 Å². The number of hydrogen-bond donors (Lipinski definition) is 1. The Hall–Kier alpha value is -1.81. The van der Waals surface area contributed by atoms with Gasteiger partial charge in [-0.05, 0) is 38.3 Å². The van der Waals surface area contributed by atoms with Crippen molar-refractivity contribution in [3.8, 4) is 0 Å². The van der Waals surface area contributed by atoms with Crippen LogP contribution in [0.4, 0.5) is 5.69 Å². The number of nitrogens with one attached hydrogen (secondary N) is 1. The molecule has 0 saturated heterocycles. The Kier molecular flexibility index (Phi) is 3.72. The number of hydrogen-bond acceptors (Lipinski definition) is 2. The largest absolute Gasteiger partial charge is 0.323 e. The van der Waals surface area contributed by atoms with Crippen molar-refractivity contribution in [3.63, 3.8) is 0 Å². The van der Waals surface area contributed by atoms with E-state index in [1.165, 1.54) is 0 Å². The summed E-state index contributed by atoms with van der Waals surface area (Å²) < 4.78 is 1.89. The lowest BCUT2D eigenvalue weighted by molar-refractivity contribution is -0.117. The van der Waals surface area contributed by atoms with Gasteiger partial charge in [0, 0.05) is 10.9 Å². The predicted octanol–water partition coefficient (Wildman–Crippen LogP) is 3.55. The van der Waals surface area contributed by atoms with Gasteiger partial charge in [0.2, 0.25) is 5.91 Å². The molecule has 1 saturated carbocycles. The molecule has 4 nitrogen and oxygen atoms in total. The molecule has 0 aliphatic heterocycles. The monoisotopic (exact) mass is 303 g/mol. The van der Waals surface area contributed by atoms with Crippen molar-refractivity contribution in [1.29, 1.82) is 0 Å². The van der Waals surface area contributed by atoms with Crippen LogP contribution in [0.3, 0.4) is 0 Å². The predicted molar refractivity (Wildman–Crippen MR) is 83.6 cm³/mol. The lowest BCUT2D eigenvalue weighted by Crippen LogP contribution is -2.14. The highest BCUT2D eigenvalue weighted by Crippen LogP contribution is 2.31. The molecule has 0 spiro atoms. The zero-order valence-electron chi connectivity index (χ0n) is 12.2. The Bertz CT molecular complexity index is 689. The fraction of sp³-hybridized carbons (Fsp3) is 0.375. The highest BCUT2D eigenvalue weighted by Gasteiger charge is 2.30. The Morgan fingerprint density at radius 3 is 2.76 bits per heavy atom. The number of halogens is 1. The van der Waals surface area contributed by atoms with Gasteiger partial charge in [-0.3, -0.25) is 9.48 Å². The first-order valence-electron chi connectivity index (χ1n) is 7.14. The van der Waals surface area contributed by atoms with Crippen LogP contribution in [0.15, 0.2) is 24.3 Å². The van der Waals surface area contributed by atoms with E-state index < -0.39 is 0 Å². The summed E-state index contributed by atoms with van der Waals surface area (Å²) in [5.41, 5.74) is 3.65. The minimum absolute atomic E-state index is 0.110. The molecular formula is C16H18ClN3O. The SMILES string of the molecule is Cc1nn(Cc2ccccc2Cl)c(C)c1NC(=O)C1CC1. The minimum atomic E-state index is 0.110. The third-order valence-corrected chi connectivity index (χ3v) is 4.22. The molecule has 1 aromatic heterocycles. The van der Waals surface area contributed by atoms with E-state index in [1.807, 2.05) is 42.8 Å². The molecule has 0 radical (unpaired) electrons. The molecule has 1 aliphatic carbocycles. The van der Waals surface area contributed by atoms with E-state index in [-0.39, 0.29) is 11.8 Å². The van der Waals surface area contributed by atoms with Gasteiger partial charge in [0.15, 0.2) is 0 Å². The summed E-state index contributed by atoms with van der Waals surface area (Å²) in [6, 6.07) is 7.73. The van der Waals surface area contributed by atoms with Crippen LogP contribution in [0.2, 0.25) is 5.02 Å². The van der Waals surface area contributed by atoms with Crippen LogP contribution in [0.1, 0.15) is 29.8 Å². The molecule has 110 valence electrons. The summed E-state index contributed by atoms with van der Waals surface area (Å²) in [7, 11) is 0. The summed E-state index contributed by atoms with van der Waals surface area (Å²) >= 11 is 6.20.